The minimum absolute atomic E-state index is 0.133. The van der Waals surface area contributed by atoms with Crippen LogP contribution >= 0.6 is 0 Å². The molecule has 35 heavy (non-hydrogen) atoms. The molecule has 0 radical (unpaired) electrons. The molecular formula is C27H26O8. The minimum Gasteiger partial charge on any atom is -0.497 e. The lowest BCUT2D eigenvalue weighted by Gasteiger charge is -2.18. The predicted molar refractivity (Wildman–Crippen MR) is 129 cm³/mol. The average Bonchev–Trinajstić information content (AvgIpc) is 3.38. The van der Waals surface area contributed by atoms with E-state index in [0.717, 1.165) is 0 Å². The monoisotopic (exact) mass is 478 g/mol. The molecule has 0 fully saturated rings. The second-order valence-corrected chi connectivity index (χ2v) is 7.63. The SMILES string of the molecule is COc1ccc(C(O)/C(=C/c2ccc3c(c2)OCO3)C(=O)c2cc(OC)c(OC)c(OC)c2)cc1. The highest BCUT2D eigenvalue weighted by Gasteiger charge is 2.25. The summed E-state index contributed by atoms with van der Waals surface area (Å²) in [5, 5.41) is 11.3. The fourth-order valence-electron chi connectivity index (χ4n) is 3.80. The highest BCUT2D eigenvalue weighted by molar-refractivity contribution is 6.12. The van der Waals surface area contributed by atoms with Gasteiger partial charge in [0.25, 0.3) is 0 Å². The third kappa shape index (κ3) is 4.88. The van der Waals surface area contributed by atoms with Crippen molar-refractivity contribution in [2.24, 2.45) is 0 Å². The molecule has 0 saturated carbocycles. The maximum absolute atomic E-state index is 13.8. The molecule has 1 atom stereocenters. The first-order valence-corrected chi connectivity index (χ1v) is 10.8. The van der Waals surface area contributed by atoms with Crippen LogP contribution in [0, 0.1) is 0 Å². The summed E-state index contributed by atoms with van der Waals surface area (Å²) in [4.78, 5) is 13.8. The molecule has 4 rings (SSSR count). The molecule has 3 aromatic rings. The second kappa shape index (κ2) is 10.4. The van der Waals surface area contributed by atoms with Crippen LogP contribution in [-0.2, 0) is 0 Å². The van der Waals surface area contributed by atoms with Gasteiger partial charge in [0.05, 0.1) is 28.4 Å². The van der Waals surface area contributed by atoms with Gasteiger partial charge in [0, 0.05) is 11.1 Å². The van der Waals surface area contributed by atoms with E-state index in [2.05, 4.69) is 0 Å². The fourth-order valence-corrected chi connectivity index (χ4v) is 3.80. The molecule has 0 spiro atoms. The summed E-state index contributed by atoms with van der Waals surface area (Å²) in [6, 6.07) is 15.3. The van der Waals surface area contributed by atoms with Gasteiger partial charge in [0.15, 0.2) is 28.8 Å². The molecule has 1 unspecified atom stereocenters. The zero-order valence-corrected chi connectivity index (χ0v) is 19.9. The highest BCUT2D eigenvalue weighted by atomic mass is 16.7. The first-order valence-electron chi connectivity index (χ1n) is 10.8. The quantitative estimate of drug-likeness (QED) is 0.356. The van der Waals surface area contributed by atoms with Gasteiger partial charge in [-0.3, -0.25) is 4.79 Å². The van der Waals surface area contributed by atoms with Crippen molar-refractivity contribution in [3.05, 3.63) is 76.9 Å². The summed E-state index contributed by atoms with van der Waals surface area (Å²) in [6.45, 7) is 0.133. The van der Waals surface area contributed by atoms with Gasteiger partial charge in [0.1, 0.15) is 11.9 Å². The Labute approximate surface area is 203 Å². The summed E-state index contributed by atoms with van der Waals surface area (Å²) < 4.78 is 32.2. The molecule has 0 bridgehead atoms. The summed E-state index contributed by atoms with van der Waals surface area (Å²) in [6.07, 6.45) is 0.403. The van der Waals surface area contributed by atoms with Crippen molar-refractivity contribution in [3.63, 3.8) is 0 Å². The number of rotatable bonds is 9. The zero-order valence-electron chi connectivity index (χ0n) is 19.9. The molecule has 1 heterocycles. The third-order valence-electron chi connectivity index (χ3n) is 5.63. The van der Waals surface area contributed by atoms with E-state index in [1.54, 1.807) is 67.8 Å². The predicted octanol–water partition coefficient (Wildman–Crippen LogP) is 4.45. The van der Waals surface area contributed by atoms with E-state index < -0.39 is 11.9 Å². The van der Waals surface area contributed by atoms with Crippen LogP contribution in [0.25, 0.3) is 6.08 Å². The normalized spacial score (nSPS) is 13.2. The van der Waals surface area contributed by atoms with E-state index in [1.807, 2.05) is 0 Å². The number of hydrogen-bond acceptors (Lipinski definition) is 8. The number of hydrogen-bond donors (Lipinski definition) is 1. The number of carbonyl (C=O) groups excluding carboxylic acids is 1. The van der Waals surface area contributed by atoms with Crippen LogP contribution in [-0.4, -0.2) is 46.1 Å². The van der Waals surface area contributed by atoms with Crippen LogP contribution < -0.4 is 28.4 Å². The molecular weight excluding hydrogens is 452 g/mol. The van der Waals surface area contributed by atoms with E-state index in [4.69, 9.17) is 28.4 Å². The summed E-state index contributed by atoms with van der Waals surface area (Å²) in [5.41, 5.74) is 1.60. The molecule has 8 nitrogen and oxygen atoms in total. The number of Topliss-reactive ketones (excluding diaryl/α,β-unsaturated/α-hetero) is 1. The molecule has 0 aromatic heterocycles. The zero-order chi connectivity index (χ0) is 24.9. The Kier molecular flexibility index (Phi) is 7.12. The number of benzene rings is 3. The second-order valence-electron chi connectivity index (χ2n) is 7.63. The first kappa shape index (κ1) is 24.0. The lowest BCUT2D eigenvalue weighted by molar-refractivity contribution is 0.0988. The number of ether oxygens (including phenoxy) is 6. The summed E-state index contributed by atoms with van der Waals surface area (Å²) in [5.74, 6) is 2.44. The number of ketones is 1. The van der Waals surface area contributed by atoms with E-state index in [0.29, 0.717) is 45.6 Å². The van der Waals surface area contributed by atoms with E-state index in [9.17, 15) is 9.90 Å². The van der Waals surface area contributed by atoms with Crippen LogP contribution in [0.5, 0.6) is 34.5 Å². The standard InChI is InChI=1S/C27H26O8/c1-30-19-8-6-17(7-9-19)25(28)20(11-16-5-10-21-22(12-16)35-15-34-21)26(29)18-13-23(31-2)27(33-4)24(14-18)32-3/h5-14,25,28H,15H2,1-4H3/b20-11-. The van der Waals surface area contributed by atoms with Crippen molar-refractivity contribution >= 4 is 11.9 Å². The Morgan fingerprint density at radius 1 is 0.857 bits per heavy atom. The van der Waals surface area contributed by atoms with Crippen LogP contribution in [0.2, 0.25) is 0 Å². The number of fused-ring (bicyclic) bond motifs is 1. The Morgan fingerprint density at radius 2 is 1.51 bits per heavy atom. The van der Waals surface area contributed by atoms with Crippen molar-refractivity contribution in [2.45, 2.75) is 6.10 Å². The van der Waals surface area contributed by atoms with Gasteiger partial charge in [-0.05, 0) is 53.6 Å². The van der Waals surface area contributed by atoms with E-state index in [-0.39, 0.29) is 17.9 Å². The number of aliphatic hydroxyl groups excluding tert-OH is 1. The number of methoxy groups -OCH3 is 4. The molecule has 8 heteroatoms. The van der Waals surface area contributed by atoms with Crippen molar-refractivity contribution in [3.8, 4) is 34.5 Å². The smallest absolute Gasteiger partial charge is 0.231 e. The average molecular weight is 478 g/mol. The van der Waals surface area contributed by atoms with Crippen molar-refractivity contribution < 1.29 is 38.3 Å². The maximum atomic E-state index is 13.8. The van der Waals surface area contributed by atoms with Gasteiger partial charge in [0.2, 0.25) is 12.5 Å². The Hall–Kier alpha value is -4.17. The van der Waals surface area contributed by atoms with Gasteiger partial charge in [-0.15, -0.1) is 0 Å². The van der Waals surface area contributed by atoms with Crippen molar-refractivity contribution in [1.29, 1.82) is 0 Å². The molecule has 0 aliphatic carbocycles. The fraction of sp³-hybridized carbons (Fsp3) is 0.222. The number of carbonyl (C=O) groups is 1. The van der Waals surface area contributed by atoms with Crippen molar-refractivity contribution in [1.82, 2.24) is 0 Å². The van der Waals surface area contributed by atoms with Crippen molar-refractivity contribution in [2.75, 3.05) is 35.2 Å². The molecule has 182 valence electrons. The molecule has 1 N–H and O–H groups in total. The molecule has 1 aliphatic heterocycles. The highest BCUT2D eigenvalue weighted by Crippen LogP contribution is 2.40. The van der Waals surface area contributed by atoms with Gasteiger partial charge in [-0.1, -0.05) is 18.2 Å². The molecule has 0 amide bonds. The van der Waals surface area contributed by atoms with Gasteiger partial charge >= 0.3 is 0 Å². The van der Waals surface area contributed by atoms with Crippen LogP contribution in [0.4, 0.5) is 0 Å². The lowest BCUT2D eigenvalue weighted by Crippen LogP contribution is -2.13. The largest absolute Gasteiger partial charge is 0.497 e. The molecule has 0 saturated heterocycles. The lowest BCUT2D eigenvalue weighted by atomic mass is 9.92. The van der Waals surface area contributed by atoms with Crippen LogP contribution in [0.3, 0.4) is 0 Å². The van der Waals surface area contributed by atoms with Gasteiger partial charge < -0.3 is 33.5 Å². The number of aliphatic hydroxyl groups is 1. The third-order valence-corrected chi connectivity index (χ3v) is 5.63. The van der Waals surface area contributed by atoms with E-state index >= 15 is 0 Å². The molecule has 1 aliphatic rings. The first-order chi connectivity index (χ1) is 17.0. The van der Waals surface area contributed by atoms with Gasteiger partial charge in [-0.25, -0.2) is 0 Å². The Bertz CT molecular complexity index is 1220. The topological polar surface area (TPSA) is 92.7 Å². The van der Waals surface area contributed by atoms with E-state index in [1.165, 1.54) is 21.3 Å². The van der Waals surface area contributed by atoms with Gasteiger partial charge in [-0.2, -0.15) is 0 Å². The Balaban J connectivity index is 1.81. The maximum Gasteiger partial charge on any atom is 0.231 e. The molecule has 3 aromatic carbocycles. The minimum atomic E-state index is -1.22. The van der Waals surface area contributed by atoms with Crippen LogP contribution in [0.15, 0.2) is 60.2 Å². The summed E-state index contributed by atoms with van der Waals surface area (Å²) >= 11 is 0. The Morgan fingerprint density at radius 3 is 2.11 bits per heavy atom. The van der Waals surface area contributed by atoms with Crippen LogP contribution in [0.1, 0.15) is 27.6 Å². The summed E-state index contributed by atoms with van der Waals surface area (Å²) in [7, 11) is 5.99.